The zero-order valence-corrected chi connectivity index (χ0v) is 16.2. The molecule has 0 radical (unpaired) electrons. The highest BCUT2D eigenvalue weighted by Gasteiger charge is 2.26. The smallest absolute Gasteiger partial charge is 0.242 e. The molecule has 6 nitrogen and oxygen atoms in total. The summed E-state index contributed by atoms with van der Waals surface area (Å²) in [6.07, 6.45) is 2.73. The number of nitrogens with zero attached hydrogens (tertiary/aromatic N) is 1. The summed E-state index contributed by atoms with van der Waals surface area (Å²) < 4.78 is 11.2. The largest absolute Gasteiger partial charge is 0.486 e. The Balaban J connectivity index is 1.35. The molecule has 2 aromatic carbocycles. The van der Waals surface area contributed by atoms with Crippen LogP contribution in [0.2, 0.25) is 0 Å². The summed E-state index contributed by atoms with van der Waals surface area (Å²) in [5.41, 5.74) is 10.3. The van der Waals surface area contributed by atoms with E-state index in [9.17, 15) is 4.79 Å². The van der Waals surface area contributed by atoms with Crippen molar-refractivity contribution in [1.29, 1.82) is 0 Å². The van der Waals surface area contributed by atoms with Gasteiger partial charge in [0.15, 0.2) is 11.5 Å². The third-order valence-corrected chi connectivity index (χ3v) is 5.49. The zero-order chi connectivity index (χ0) is 19.5. The lowest BCUT2D eigenvalue weighted by Gasteiger charge is -2.36. The van der Waals surface area contributed by atoms with Crippen molar-refractivity contribution in [1.82, 2.24) is 5.32 Å². The van der Waals surface area contributed by atoms with Crippen LogP contribution in [0.3, 0.4) is 0 Å². The van der Waals surface area contributed by atoms with Crippen LogP contribution in [-0.2, 0) is 17.6 Å². The second-order valence-corrected chi connectivity index (χ2v) is 7.34. The van der Waals surface area contributed by atoms with Gasteiger partial charge in [0.05, 0.1) is 0 Å². The Hall–Kier alpha value is -2.89. The number of hydrogen-bond acceptors (Lipinski definition) is 5. The second-order valence-electron chi connectivity index (χ2n) is 7.34. The van der Waals surface area contributed by atoms with E-state index in [0.717, 1.165) is 59.8 Å². The maximum atomic E-state index is 12.7. The molecule has 0 spiro atoms. The standard InChI is InChI=1S/C22H27N3O3/c1-15(25-11-3-4-17-18(23)5-2-6-19(17)25)22(26)24-10-9-16-7-8-20-21(14-16)28-13-12-27-20/h2,5-8,14-15H,3-4,9-13,23H2,1H3,(H,24,26). The van der Waals surface area contributed by atoms with Crippen LogP contribution < -0.4 is 25.4 Å². The minimum atomic E-state index is -0.235. The predicted molar refractivity (Wildman–Crippen MR) is 110 cm³/mol. The van der Waals surface area contributed by atoms with Crippen LogP contribution in [0.4, 0.5) is 11.4 Å². The van der Waals surface area contributed by atoms with Crippen LogP contribution in [0.15, 0.2) is 36.4 Å². The van der Waals surface area contributed by atoms with E-state index in [0.29, 0.717) is 19.8 Å². The van der Waals surface area contributed by atoms with E-state index >= 15 is 0 Å². The molecule has 0 saturated heterocycles. The summed E-state index contributed by atoms with van der Waals surface area (Å²) in [7, 11) is 0. The maximum absolute atomic E-state index is 12.7. The SMILES string of the molecule is CC(C(=O)NCCc1ccc2c(c1)OCCO2)N1CCCc2c(N)cccc21. The van der Waals surface area contributed by atoms with Crippen molar-refractivity contribution in [2.75, 3.05) is 36.9 Å². The second kappa shape index (κ2) is 8.00. The molecule has 2 heterocycles. The first-order valence-electron chi connectivity index (χ1n) is 9.94. The fourth-order valence-electron chi connectivity index (χ4n) is 3.94. The first kappa shape index (κ1) is 18.5. The Morgan fingerprint density at radius 3 is 2.89 bits per heavy atom. The van der Waals surface area contributed by atoms with Crippen molar-refractivity contribution in [3.63, 3.8) is 0 Å². The Labute approximate surface area is 165 Å². The highest BCUT2D eigenvalue weighted by atomic mass is 16.6. The number of anilines is 2. The number of amides is 1. The highest BCUT2D eigenvalue weighted by molar-refractivity contribution is 5.86. The molecule has 0 aromatic heterocycles. The topological polar surface area (TPSA) is 76.8 Å². The van der Waals surface area contributed by atoms with Gasteiger partial charge >= 0.3 is 0 Å². The Morgan fingerprint density at radius 1 is 1.21 bits per heavy atom. The number of ether oxygens (including phenoxy) is 2. The molecule has 1 atom stereocenters. The van der Waals surface area contributed by atoms with Gasteiger partial charge in [0.1, 0.15) is 19.3 Å². The quantitative estimate of drug-likeness (QED) is 0.779. The molecule has 0 aliphatic carbocycles. The number of hydrogen-bond donors (Lipinski definition) is 2. The molecular formula is C22H27N3O3. The van der Waals surface area contributed by atoms with Gasteiger partial charge in [-0.1, -0.05) is 12.1 Å². The molecule has 0 bridgehead atoms. The molecule has 0 fully saturated rings. The summed E-state index contributed by atoms with van der Waals surface area (Å²) in [6.45, 7) is 4.57. The van der Waals surface area contributed by atoms with E-state index in [2.05, 4.69) is 16.3 Å². The van der Waals surface area contributed by atoms with Crippen LogP contribution in [-0.4, -0.2) is 38.3 Å². The summed E-state index contributed by atoms with van der Waals surface area (Å²) in [5.74, 6) is 1.61. The summed E-state index contributed by atoms with van der Waals surface area (Å²) in [5, 5.41) is 3.07. The van der Waals surface area contributed by atoms with Crippen LogP contribution in [0.1, 0.15) is 24.5 Å². The Kier molecular flexibility index (Phi) is 5.28. The van der Waals surface area contributed by atoms with Crippen molar-refractivity contribution in [3.05, 3.63) is 47.5 Å². The van der Waals surface area contributed by atoms with Crippen LogP contribution in [0, 0.1) is 0 Å². The minimum Gasteiger partial charge on any atom is -0.486 e. The van der Waals surface area contributed by atoms with Crippen LogP contribution in [0.25, 0.3) is 0 Å². The number of fused-ring (bicyclic) bond motifs is 2. The van der Waals surface area contributed by atoms with Gasteiger partial charge in [0.25, 0.3) is 0 Å². The third-order valence-electron chi connectivity index (χ3n) is 5.49. The molecule has 6 heteroatoms. The first-order chi connectivity index (χ1) is 13.6. The number of carbonyl (C=O) groups is 1. The third kappa shape index (κ3) is 3.72. The molecule has 1 amide bonds. The molecule has 3 N–H and O–H groups in total. The zero-order valence-electron chi connectivity index (χ0n) is 16.2. The fraction of sp³-hybridized carbons (Fsp3) is 0.409. The molecule has 28 heavy (non-hydrogen) atoms. The Bertz CT molecular complexity index is 868. The minimum absolute atomic E-state index is 0.0350. The maximum Gasteiger partial charge on any atom is 0.242 e. The van der Waals surface area contributed by atoms with E-state index in [-0.39, 0.29) is 11.9 Å². The Morgan fingerprint density at radius 2 is 2.04 bits per heavy atom. The number of nitrogens with one attached hydrogen (secondary N) is 1. The van der Waals surface area contributed by atoms with Crippen LogP contribution >= 0.6 is 0 Å². The van der Waals surface area contributed by atoms with Gasteiger partial charge < -0.3 is 25.4 Å². The number of nitrogens with two attached hydrogens (primary N) is 1. The molecule has 1 unspecified atom stereocenters. The molecule has 148 valence electrons. The highest BCUT2D eigenvalue weighted by Crippen LogP contribution is 2.33. The van der Waals surface area contributed by atoms with Crippen molar-refractivity contribution in [2.24, 2.45) is 0 Å². The van der Waals surface area contributed by atoms with Crippen LogP contribution in [0.5, 0.6) is 11.5 Å². The number of carbonyl (C=O) groups excluding carboxylic acids is 1. The van der Waals surface area contributed by atoms with Gasteiger partial charge in [-0.15, -0.1) is 0 Å². The lowest BCUT2D eigenvalue weighted by Crippen LogP contribution is -2.47. The van der Waals surface area contributed by atoms with Crippen molar-refractivity contribution < 1.29 is 14.3 Å². The van der Waals surface area contributed by atoms with E-state index in [4.69, 9.17) is 15.2 Å². The lowest BCUT2D eigenvalue weighted by molar-refractivity contribution is -0.122. The number of nitrogen functional groups attached to an aromatic ring is 1. The summed E-state index contributed by atoms with van der Waals surface area (Å²) in [6, 6.07) is 11.7. The monoisotopic (exact) mass is 381 g/mol. The average Bonchev–Trinajstić information content (AvgIpc) is 2.73. The van der Waals surface area contributed by atoms with Gasteiger partial charge in [-0.25, -0.2) is 0 Å². The van der Waals surface area contributed by atoms with Crippen molar-refractivity contribution in [2.45, 2.75) is 32.2 Å². The summed E-state index contributed by atoms with van der Waals surface area (Å²) in [4.78, 5) is 14.9. The predicted octanol–water partition coefficient (Wildman–Crippen LogP) is 2.54. The van der Waals surface area contributed by atoms with Gasteiger partial charge in [0, 0.05) is 24.5 Å². The molecule has 2 aliphatic heterocycles. The lowest BCUT2D eigenvalue weighted by atomic mass is 9.98. The summed E-state index contributed by atoms with van der Waals surface area (Å²) >= 11 is 0. The van der Waals surface area contributed by atoms with Gasteiger partial charge in [-0.05, 0) is 61.6 Å². The number of rotatable bonds is 5. The molecule has 2 aromatic rings. The molecule has 2 aliphatic rings. The normalized spacial score (nSPS) is 16.2. The average molecular weight is 381 g/mol. The van der Waals surface area contributed by atoms with E-state index in [1.54, 1.807) is 0 Å². The van der Waals surface area contributed by atoms with E-state index < -0.39 is 0 Å². The van der Waals surface area contributed by atoms with E-state index in [1.807, 2.05) is 37.3 Å². The van der Waals surface area contributed by atoms with Crippen molar-refractivity contribution in [3.8, 4) is 11.5 Å². The molecule has 4 rings (SSSR count). The van der Waals surface area contributed by atoms with Gasteiger partial charge in [-0.2, -0.15) is 0 Å². The molecule has 0 saturated carbocycles. The van der Waals surface area contributed by atoms with Crippen molar-refractivity contribution >= 4 is 17.3 Å². The molecular weight excluding hydrogens is 354 g/mol. The fourth-order valence-corrected chi connectivity index (χ4v) is 3.94. The van der Waals surface area contributed by atoms with Gasteiger partial charge in [-0.3, -0.25) is 4.79 Å². The van der Waals surface area contributed by atoms with Gasteiger partial charge in [0.2, 0.25) is 5.91 Å². The first-order valence-corrected chi connectivity index (χ1v) is 9.94. The number of benzene rings is 2. The van der Waals surface area contributed by atoms with E-state index in [1.165, 1.54) is 0 Å².